The maximum Gasteiger partial charge on any atom is 0.259 e. The van der Waals surface area contributed by atoms with Crippen LogP contribution in [0.15, 0.2) is 54.9 Å². The van der Waals surface area contributed by atoms with Crippen molar-refractivity contribution in [2.45, 2.75) is 6.92 Å². The zero-order chi connectivity index (χ0) is 17.1. The van der Waals surface area contributed by atoms with Crippen molar-refractivity contribution in [2.75, 3.05) is 5.32 Å². The van der Waals surface area contributed by atoms with Crippen LogP contribution in [-0.4, -0.2) is 26.6 Å². The molecule has 2 amide bonds. The van der Waals surface area contributed by atoms with Gasteiger partial charge in [0.1, 0.15) is 0 Å². The fourth-order valence-electron chi connectivity index (χ4n) is 2.34. The van der Waals surface area contributed by atoms with Crippen LogP contribution in [0.2, 0.25) is 0 Å². The number of para-hydroxylation sites is 1. The second-order valence-electron chi connectivity index (χ2n) is 5.11. The first-order valence-electron chi connectivity index (χ1n) is 7.24. The zero-order valence-electron chi connectivity index (χ0n) is 12.9. The summed E-state index contributed by atoms with van der Waals surface area (Å²) in [6.07, 6.45) is 3.12. The first-order valence-corrected chi connectivity index (χ1v) is 7.24. The molecule has 0 spiro atoms. The summed E-state index contributed by atoms with van der Waals surface area (Å²) in [5.41, 5.74) is 6.97. The molecule has 0 radical (unpaired) electrons. The Morgan fingerprint density at radius 1 is 1.08 bits per heavy atom. The number of amides is 2. The Morgan fingerprint density at radius 2 is 1.83 bits per heavy atom. The van der Waals surface area contributed by atoms with Crippen LogP contribution in [0.25, 0.3) is 5.82 Å². The number of hydrogen-bond acceptors (Lipinski definition) is 4. The maximum absolute atomic E-state index is 12.5. The van der Waals surface area contributed by atoms with E-state index in [1.165, 1.54) is 6.20 Å². The molecule has 3 rings (SSSR count). The van der Waals surface area contributed by atoms with Crippen molar-refractivity contribution in [3.05, 3.63) is 71.7 Å². The second kappa shape index (κ2) is 6.33. The molecule has 0 aliphatic heterocycles. The summed E-state index contributed by atoms with van der Waals surface area (Å²) in [5, 5.41) is 6.91. The minimum Gasteiger partial charge on any atom is -0.366 e. The van der Waals surface area contributed by atoms with Crippen molar-refractivity contribution >= 4 is 17.5 Å². The molecule has 2 heterocycles. The van der Waals surface area contributed by atoms with Crippen LogP contribution in [0, 0.1) is 6.92 Å². The Hall–Kier alpha value is -3.48. The molecule has 1 aromatic carbocycles. The number of pyridine rings is 1. The van der Waals surface area contributed by atoms with Crippen LogP contribution in [0.1, 0.15) is 26.4 Å². The lowest BCUT2D eigenvalue weighted by Crippen LogP contribution is -2.18. The number of nitrogens with two attached hydrogens (primary N) is 1. The normalized spacial score (nSPS) is 10.4. The Bertz CT molecular complexity index is 902. The molecule has 24 heavy (non-hydrogen) atoms. The highest BCUT2D eigenvalue weighted by Crippen LogP contribution is 2.18. The summed E-state index contributed by atoms with van der Waals surface area (Å²) < 4.78 is 1.58. The zero-order valence-corrected chi connectivity index (χ0v) is 12.9. The monoisotopic (exact) mass is 321 g/mol. The van der Waals surface area contributed by atoms with Crippen LogP contribution in [0.5, 0.6) is 0 Å². The molecule has 3 aromatic rings. The van der Waals surface area contributed by atoms with Crippen LogP contribution in [0.3, 0.4) is 0 Å². The minimum atomic E-state index is -0.605. The number of nitrogens with zero attached hydrogens (tertiary/aromatic N) is 3. The first-order chi connectivity index (χ1) is 11.6. The molecular formula is C17H15N5O2. The topological polar surface area (TPSA) is 103 Å². The number of aromatic nitrogens is 3. The van der Waals surface area contributed by atoms with Gasteiger partial charge in [0, 0.05) is 6.20 Å². The summed E-state index contributed by atoms with van der Waals surface area (Å²) in [4.78, 5) is 28.2. The summed E-state index contributed by atoms with van der Waals surface area (Å²) in [5.74, 6) is -0.359. The number of carbonyl (C=O) groups excluding carboxylic acids is 2. The molecule has 7 heteroatoms. The SMILES string of the molecule is Cc1c(C(=O)Nc2ccccc2C(N)=O)cnn1-c1ccccn1. The number of nitrogens with one attached hydrogen (secondary N) is 1. The highest BCUT2D eigenvalue weighted by molar-refractivity contribution is 6.09. The fraction of sp³-hybridized carbons (Fsp3) is 0.0588. The van der Waals surface area contributed by atoms with Gasteiger partial charge >= 0.3 is 0 Å². The van der Waals surface area contributed by atoms with Gasteiger partial charge in [-0.25, -0.2) is 9.67 Å². The molecule has 0 saturated heterocycles. The molecule has 120 valence electrons. The Balaban J connectivity index is 1.90. The Morgan fingerprint density at radius 3 is 2.54 bits per heavy atom. The summed E-state index contributed by atoms with van der Waals surface area (Å²) in [7, 11) is 0. The van der Waals surface area contributed by atoms with E-state index in [2.05, 4.69) is 15.4 Å². The van der Waals surface area contributed by atoms with Crippen LogP contribution in [-0.2, 0) is 0 Å². The Kier molecular flexibility index (Phi) is 4.07. The van der Waals surface area contributed by atoms with Gasteiger partial charge < -0.3 is 11.1 Å². The van der Waals surface area contributed by atoms with Crippen molar-refractivity contribution in [1.29, 1.82) is 0 Å². The molecule has 3 N–H and O–H groups in total. The standard InChI is InChI=1S/C17H15N5O2/c1-11-13(10-20-22(11)15-8-4-5-9-19-15)17(24)21-14-7-3-2-6-12(14)16(18)23/h2-10H,1H3,(H2,18,23)(H,21,24). The summed E-state index contributed by atoms with van der Waals surface area (Å²) in [6.45, 7) is 1.77. The van der Waals surface area contributed by atoms with Crippen molar-refractivity contribution in [1.82, 2.24) is 14.8 Å². The lowest BCUT2D eigenvalue weighted by molar-refractivity contribution is 0.100. The number of primary amides is 1. The molecule has 0 bridgehead atoms. The van der Waals surface area contributed by atoms with E-state index in [0.717, 1.165) is 0 Å². The predicted molar refractivity (Wildman–Crippen MR) is 89.0 cm³/mol. The molecular weight excluding hydrogens is 306 g/mol. The molecule has 2 aromatic heterocycles. The van der Waals surface area contributed by atoms with E-state index >= 15 is 0 Å². The molecule has 0 unspecified atom stereocenters. The predicted octanol–water partition coefficient (Wildman–Crippen LogP) is 1.93. The molecule has 0 saturated carbocycles. The minimum absolute atomic E-state index is 0.251. The number of carbonyl (C=O) groups is 2. The average Bonchev–Trinajstić information content (AvgIpc) is 2.97. The van der Waals surface area contributed by atoms with Crippen molar-refractivity contribution in [3.8, 4) is 5.82 Å². The van der Waals surface area contributed by atoms with Gasteiger partial charge in [0.25, 0.3) is 11.8 Å². The van der Waals surface area contributed by atoms with Gasteiger partial charge in [-0.1, -0.05) is 18.2 Å². The van der Waals surface area contributed by atoms with Crippen molar-refractivity contribution in [2.24, 2.45) is 5.73 Å². The van der Waals surface area contributed by atoms with Crippen molar-refractivity contribution in [3.63, 3.8) is 0 Å². The van der Waals surface area contributed by atoms with E-state index in [4.69, 9.17) is 5.73 Å². The third-order valence-corrected chi connectivity index (χ3v) is 3.56. The third-order valence-electron chi connectivity index (χ3n) is 3.56. The summed E-state index contributed by atoms with van der Waals surface area (Å²) >= 11 is 0. The molecule has 0 aliphatic carbocycles. The molecule has 7 nitrogen and oxygen atoms in total. The van der Waals surface area contributed by atoms with Crippen LogP contribution in [0.4, 0.5) is 5.69 Å². The fourth-order valence-corrected chi connectivity index (χ4v) is 2.34. The van der Waals surface area contributed by atoms with Crippen LogP contribution < -0.4 is 11.1 Å². The van der Waals surface area contributed by atoms with E-state index in [1.807, 2.05) is 6.07 Å². The quantitative estimate of drug-likeness (QED) is 0.766. The van der Waals surface area contributed by atoms with E-state index in [-0.39, 0.29) is 11.5 Å². The van der Waals surface area contributed by atoms with Gasteiger partial charge in [0.2, 0.25) is 0 Å². The number of rotatable bonds is 4. The van der Waals surface area contributed by atoms with E-state index < -0.39 is 5.91 Å². The second-order valence-corrected chi connectivity index (χ2v) is 5.11. The van der Waals surface area contributed by atoms with Gasteiger partial charge in [-0.3, -0.25) is 9.59 Å². The Labute approximate surface area is 138 Å². The maximum atomic E-state index is 12.5. The summed E-state index contributed by atoms with van der Waals surface area (Å²) in [6, 6.07) is 12.0. The van der Waals surface area contributed by atoms with Gasteiger partial charge in [0.15, 0.2) is 5.82 Å². The van der Waals surface area contributed by atoms with Gasteiger partial charge in [0.05, 0.1) is 28.7 Å². The molecule has 0 fully saturated rings. The van der Waals surface area contributed by atoms with Crippen LogP contribution >= 0.6 is 0 Å². The molecule has 0 atom stereocenters. The average molecular weight is 321 g/mol. The smallest absolute Gasteiger partial charge is 0.259 e. The first kappa shape index (κ1) is 15.4. The van der Waals surface area contributed by atoms with E-state index in [9.17, 15) is 9.59 Å². The lowest BCUT2D eigenvalue weighted by atomic mass is 10.1. The third kappa shape index (κ3) is 2.87. The van der Waals surface area contributed by atoms with Gasteiger partial charge in [-0.2, -0.15) is 5.10 Å². The van der Waals surface area contributed by atoms with Crippen molar-refractivity contribution < 1.29 is 9.59 Å². The number of anilines is 1. The highest BCUT2D eigenvalue weighted by atomic mass is 16.2. The van der Waals surface area contributed by atoms with Gasteiger partial charge in [-0.05, 0) is 31.2 Å². The molecule has 0 aliphatic rings. The van der Waals surface area contributed by atoms with E-state index in [1.54, 1.807) is 54.2 Å². The largest absolute Gasteiger partial charge is 0.366 e. The lowest BCUT2D eigenvalue weighted by Gasteiger charge is -2.08. The van der Waals surface area contributed by atoms with Gasteiger partial charge in [-0.15, -0.1) is 0 Å². The number of benzene rings is 1. The van der Waals surface area contributed by atoms with E-state index in [0.29, 0.717) is 22.8 Å². The number of hydrogen-bond donors (Lipinski definition) is 2. The highest BCUT2D eigenvalue weighted by Gasteiger charge is 2.17.